The minimum absolute atomic E-state index is 0.0703. The minimum Gasteiger partial charge on any atom is -0.274 e. The van der Waals surface area contributed by atoms with E-state index >= 15 is 0 Å². The van der Waals surface area contributed by atoms with Gasteiger partial charge < -0.3 is 0 Å². The highest BCUT2D eigenvalue weighted by Gasteiger charge is 2.21. The lowest BCUT2D eigenvalue weighted by atomic mass is 9.87. The minimum atomic E-state index is -0.334. The molecule has 0 aromatic heterocycles. The van der Waals surface area contributed by atoms with E-state index in [0.29, 0.717) is 15.7 Å². The molecule has 1 aromatic carbocycles. The third kappa shape index (κ3) is 3.27. The maximum atomic E-state index is 11.2. The third-order valence-electron chi connectivity index (χ3n) is 2.36. The number of carbonyl (C=O) groups excluding carboxylic acids is 1. The molecule has 0 atom stereocenters. The monoisotopic (exact) mass is 293 g/mol. The summed E-state index contributed by atoms with van der Waals surface area (Å²) in [5.41, 5.74) is 1.25. The molecule has 5 heteroatoms. The number of anilines is 1. The van der Waals surface area contributed by atoms with Crippen LogP contribution in [0.2, 0.25) is 10.0 Å². The Bertz CT molecular complexity index is 429. The summed E-state index contributed by atoms with van der Waals surface area (Å²) in [4.78, 5) is 11.2. The molecule has 0 aliphatic rings. The molecule has 1 rings (SSSR count). The molecule has 0 unspecified atom stereocenters. The van der Waals surface area contributed by atoms with Crippen molar-refractivity contribution in [2.24, 2.45) is 0 Å². The first-order chi connectivity index (χ1) is 7.64. The molecule has 0 fully saturated rings. The molecule has 0 aliphatic carbocycles. The Kier molecular flexibility index (Phi) is 4.34. The van der Waals surface area contributed by atoms with Gasteiger partial charge in [-0.25, -0.2) is 4.42 Å². The van der Waals surface area contributed by atoms with Gasteiger partial charge in [0.1, 0.15) is 0 Å². The van der Waals surface area contributed by atoms with Gasteiger partial charge in [-0.15, -0.1) is 0 Å². The first-order valence-electron chi connectivity index (χ1n) is 5.10. The molecule has 0 saturated heterocycles. The zero-order valence-electron chi connectivity index (χ0n) is 10.1. The van der Waals surface area contributed by atoms with Gasteiger partial charge in [-0.1, -0.05) is 44.0 Å². The van der Waals surface area contributed by atoms with Gasteiger partial charge in [0.05, 0.1) is 15.7 Å². The maximum absolute atomic E-state index is 11.2. The first-order valence-corrected chi connectivity index (χ1v) is 6.20. The lowest BCUT2D eigenvalue weighted by Crippen LogP contribution is -2.18. The van der Waals surface area contributed by atoms with Gasteiger partial charge in [0.15, 0.2) is 0 Å². The van der Waals surface area contributed by atoms with Gasteiger partial charge in [0.2, 0.25) is 5.91 Å². The molecule has 0 bridgehead atoms. The topological polar surface area (TPSA) is 20.3 Å². The fourth-order valence-corrected chi connectivity index (χ4v) is 2.27. The van der Waals surface area contributed by atoms with Crippen LogP contribution in [0.15, 0.2) is 12.1 Å². The van der Waals surface area contributed by atoms with Crippen molar-refractivity contribution in [3.05, 3.63) is 27.7 Å². The van der Waals surface area contributed by atoms with Gasteiger partial charge in [-0.2, -0.15) is 0 Å². The molecule has 94 valence electrons. The van der Waals surface area contributed by atoms with Crippen molar-refractivity contribution in [2.45, 2.75) is 33.1 Å². The number of nitrogens with zero attached hydrogens (tertiary/aromatic N) is 1. The number of hydrogen-bond donors (Lipinski definition) is 0. The van der Waals surface area contributed by atoms with Crippen LogP contribution in [0.3, 0.4) is 0 Å². The quantitative estimate of drug-likeness (QED) is 0.681. The molecule has 0 saturated carbocycles. The highest BCUT2D eigenvalue weighted by atomic mass is 35.5. The number of rotatable bonds is 1. The van der Waals surface area contributed by atoms with Gasteiger partial charge >= 0.3 is 0 Å². The van der Waals surface area contributed by atoms with E-state index in [-0.39, 0.29) is 11.3 Å². The van der Waals surface area contributed by atoms with E-state index in [4.69, 9.17) is 35.0 Å². The van der Waals surface area contributed by atoms with Crippen LogP contribution in [-0.4, -0.2) is 5.91 Å². The second-order valence-electron chi connectivity index (χ2n) is 4.84. The average molecular weight is 295 g/mol. The maximum Gasteiger partial charge on any atom is 0.238 e. The molecule has 0 aliphatic heterocycles. The van der Waals surface area contributed by atoms with Crippen LogP contribution in [0.4, 0.5) is 5.69 Å². The molecular formula is C12H14Cl3NO. The highest BCUT2D eigenvalue weighted by molar-refractivity contribution is 6.45. The Balaban J connectivity index is 3.34. The first kappa shape index (κ1) is 14.6. The van der Waals surface area contributed by atoms with Crippen LogP contribution in [0.1, 0.15) is 33.3 Å². The molecule has 17 heavy (non-hydrogen) atoms. The van der Waals surface area contributed by atoms with E-state index in [1.165, 1.54) is 6.92 Å². The summed E-state index contributed by atoms with van der Waals surface area (Å²) in [6.07, 6.45) is 0. The summed E-state index contributed by atoms with van der Waals surface area (Å²) in [6, 6.07) is 3.56. The number of halogens is 3. The Morgan fingerprint density at radius 3 is 1.88 bits per heavy atom. The summed E-state index contributed by atoms with van der Waals surface area (Å²) in [7, 11) is 0. The summed E-state index contributed by atoms with van der Waals surface area (Å²) >= 11 is 18.1. The van der Waals surface area contributed by atoms with Crippen LogP contribution in [-0.2, 0) is 10.2 Å². The lowest BCUT2D eigenvalue weighted by Gasteiger charge is -2.22. The van der Waals surface area contributed by atoms with E-state index in [1.807, 2.05) is 0 Å². The van der Waals surface area contributed by atoms with Crippen LogP contribution in [0.25, 0.3) is 0 Å². The number of hydrogen-bond acceptors (Lipinski definition) is 1. The Hall–Kier alpha value is -0.440. The third-order valence-corrected chi connectivity index (χ3v) is 3.34. The molecule has 0 radical (unpaired) electrons. The van der Waals surface area contributed by atoms with E-state index in [0.717, 1.165) is 9.98 Å². The standard InChI is InChI=1S/C12H14Cl3NO/c1-7(17)16(15)11-9(13)5-8(6-10(11)14)12(2,3)4/h5-6H,1-4H3. The second-order valence-corrected chi connectivity index (χ2v) is 5.99. The highest BCUT2D eigenvalue weighted by Crippen LogP contribution is 2.39. The zero-order chi connectivity index (χ0) is 13.4. The molecule has 0 spiro atoms. The van der Waals surface area contributed by atoms with Gasteiger partial charge in [0, 0.05) is 18.7 Å². The van der Waals surface area contributed by atoms with Crippen LogP contribution >= 0.6 is 35.0 Å². The Morgan fingerprint density at radius 2 is 1.59 bits per heavy atom. The smallest absolute Gasteiger partial charge is 0.238 e. The SMILES string of the molecule is CC(=O)N(Cl)c1c(Cl)cc(C(C)(C)C)cc1Cl. The number of carbonyl (C=O) groups is 1. The predicted molar refractivity (Wildman–Crippen MR) is 74.2 cm³/mol. The molecule has 1 amide bonds. The van der Waals surface area contributed by atoms with E-state index in [1.54, 1.807) is 12.1 Å². The van der Waals surface area contributed by atoms with E-state index < -0.39 is 0 Å². The van der Waals surface area contributed by atoms with Crippen molar-refractivity contribution in [3.8, 4) is 0 Å². The molecular weight excluding hydrogens is 280 g/mol. The predicted octanol–water partition coefficient (Wildman–Crippen LogP) is 4.80. The summed E-state index contributed by atoms with van der Waals surface area (Å²) in [5, 5.41) is 0.736. The van der Waals surface area contributed by atoms with Crippen LogP contribution < -0.4 is 4.42 Å². The van der Waals surface area contributed by atoms with Crippen molar-refractivity contribution in [1.29, 1.82) is 0 Å². The van der Waals surface area contributed by atoms with Crippen molar-refractivity contribution in [3.63, 3.8) is 0 Å². The van der Waals surface area contributed by atoms with E-state index in [9.17, 15) is 4.79 Å². The summed E-state index contributed by atoms with van der Waals surface area (Å²) in [6.45, 7) is 7.51. The van der Waals surface area contributed by atoms with Gasteiger partial charge in [-0.3, -0.25) is 4.79 Å². The fourth-order valence-electron chi connectivity index (χ4n) is 1.34. The Morgan fingerprint density at radius 1 is 1.18 bits per heavy atom. The van der Waals surface area contributed by atoms with E-state index in [2.05, 4.69) is 20.8 Å². The summed E-state index contributed by atoms with van der Waals surface area (Å²) in [5.74, 6) is -0.334. The molecule has 0 N–H and O–H groups in total. The summed E-state index contributed by atoms with van der Waals surface area (Å²) < 4.78 is 0.928. The molecule has 0 heterocycles. The molecule has 1 aromatic rings. The normalized spacial score (nSPS) is 11.5. The second kappa shape index (κ2) is 5.05. The van der Waals surface area contributed by atoms with Crippen molar-refractivity contribution in [2.75, 3.05) is 4.42 Å². The van der Waals surface area contributed by atoms with Crippen molar-refractivity contribution >= 4 is 46.6 Å². The van der Waals surface area contributed by atoms with Crippen LogP contribution in [0.5, 0.6) is 0 Å². The van der Waals surface area contributed by atoms with Crippen molar-refractivity contribution < 1.29 is 4.79 Å². The Labute approximate surface area is 117 Å². The average Bonchev–Trinajstić information content (AvgIpc) is 2.14. The van der Waals surface area contributed by atoms with Gasteiger partial charge in [0.25, 0.3) is 0 Å². The largest absolute Gasteiger partial charge is 0.274 e. The van der Waals surface area contributed by atoms with Gasteiger partial charge in [-0.05, 0) is 23.1 Å². The zero-order valence-corrected chi connectivity index (χ0v) is 12.4. The number of benzene rings is 1. The lowest BCUT2D eigenvalue weighted by molar-refractivity contribution is -0.115. The van der Waals surface area contributed by atoms with Crippen molar-refractivity contribution in [1.82, 2.24) is 0 Å². The van der Waals surface area contributed by atoms with Crippen LogP contribution in [0, 0.1) is 0 Å². The molecule has 2 nitrogen and oxygen atoms in total. The fraction of sp³-hybridized carbons (Fsp3) is 0.417. The number of amides is 1.